The minimum atomic E-state index is -0.146. The number of hydrogen-bond acceptors (Lipinski definition) is 4. The van der Waals surface area contributed by atoms with Gasteiger partial charge in [0.15, 0.2) is 0 Å². The molecule has 0 bridgehead atoms. The van der Waals surface area contributed by atoms with E-state index < -0.39 is 0 Å². The molecule has 3 aromatic rings. The number of rotatable bonds is 6. The van der Waals surface area contributed by atoms with Crippen LogP contribution in [0, 0.1) is 0 Å². The van der Waals surface area contributed by atoms with Crippen LogP contribution in [0.3, 0.4) is 0 Å². The molecular weight excluding hydrogens is 382 g/mol. The Labute approximate surface area is 154 Å². The first-order valence-corrected chi connectivity index (χ1v) is 8.83. The van der Waals surface area contributed by atoms with Crippen LogP contribution in [0.2, 0.25) is 0 Å². The van der Waals surface area contributed by atoms with Crippen LogP contribution in [0.15, 0.2) is 59.1 Å². The standard InChI is InChI=1S/C18H18BrN5O/c1-2-16(13-8-10-15(19)11-9-13)20-17(25)12-24-22-18(21-23-24)14-6-4-3-5-7-14/h3-11,16H,2,12H2,1H3,(H,20,25)/t16-/m0/s1. The summed E-state index contributed by atoms with van der Waals surface area (Å²) in [7, 11) is 0. The molecule has 0 unspecified atom stereocenters. The predicted molar refractivity (Wildman–Crippen MR) is 98.6 cm³/mol. The number of tetrazole rings is 1. The van der Waals surface area contributed by atoms with Crippen molar-refractivity contribution in [2.24, 2.45) is 0 Å². The minimum Gasteiger partial charge on any atom is -0.348 e. The molecule has 3 rings (SSSR count). The summed E-state index contributed by atoms with van der Waals surface area (Å²) in [5, 5.41) is 15.2. The van der Waals surface area contributed by atoms with Crippen LogP contribution in [-0.2, 0) is 11.3 Å². The summed E-state index contributed by atoms with van der Waals surface area (Å²) < 4.78 is 1.01. The number of hydrogen-bond donors (Lipinski definition) is 1. The molecule has 0 radical (unpaired) electrons. The molecule has 1 amide bonds. The fraction of sp³-hybridized carbons (Fsp3) is 0.222. The molecule has 1 atom stereocenters. The Kier molecular flexibility index (Phi) is 5.55. The molecule has 1 heterocycles. The van der Waals surface area contributed by atoms with Gasteiger partial charge < -0.3 is 5.32 Å². The molecular formula is C18H18BrN5O. The van der Waals surface area contributed by atoms with Crippen LogP contribution < -0.4 is 5.32 Å². The molecule has 0 fully saturated rings. The zero-order valence-corrected chi connectivity index (χ0v) is 15.3. The third-order valence-electron chi connectivity index (χ3n) is 3.79. The summed E-state index contributed by atoms with van der Waals surface area (Å²) in [6.07, 6.45) is 0.799. The summed E-state index contributed by atoms with van der Waals surface area (Å²) in [6.45, 7) is 2.07. The van der Waals surface area contributed by atoms with Gasteiger partial charge in [0.2, 0.25) is 11.7 Å². The van der Waals surface area contributed by atoms with Crippen molar-refractivity contribution in [2.75, 3.05) is 0 Å². The monoisotopic (exact) mass is 399 g/mol. The highest BCUT2D eigenvalue weighted by Crippen LogP contribution is 2.19. The molecule has 0 aliphatic rings. The summed E-state index contributed by atoms with van der Waals surface area (Å²) in [5.74, 6) is 0.361. The van der Waals surface area contributed by atoms with Crippen LogP contribution in [0.1, 0.15) is 24.9 Å². The van der Waals surface area contributed by atoms with E-state index in [1.54, 1.807) is 0 Å². The molecule has 1 aromatic heterocycles. The zero-order valence-electron chi connectivity index (χ0n) is 13.8. The van der Waals surface area contributed by atoms with Crippen LogP contribution in [0.5, 0.6) is 0 Å². The van der Waals surface area contributed by atoms with Crippen molar-refractivity contribution >= 4 is 21.8 Å². The molecule has 25 heavy (non-hydrogen) atoms. The summed E-state index contributed by atoms with van der Waals surface area (Å²) in [6, 6.07) is 17.4. The van der Waals surface area contributed by atoms with E-state index in [0.29, 0.717) is 5.82 Å². The SMILES string of the molecule is CC[C@H](NC(=O)Cn1nnc(-c2ccccc2)n1)c1ccc(Br)cc1. The van der Waals surface area contributed by atoms with Gasteiger partial charge in [-0.15, -0.1) is 10.2 Å². The van der Waals surface area contributed by atoms with E-state index in [4.69, 9.17) is 0 Å². The highest BCUT2D eigenvalue weighted by molar-refractivity contribution is 9.10. The Balaban J connectivity index is 1.64. The summed E-state index contributed by atoms with van der Waals surface area (Å²) in [5.41, 5.74) is 1.94. The second-order valence-electron chi connectivity index (χ2n) is 5.59. The molecule has 0 saturated carbocycles. The second-order valence-corrected chi connectivity index (χ2v) is 6.51. The third-order valence-corrected chi connectivity index (χ3v) is 4.31. The zero-order chi connectivity index (χ0) is 17.6. The summed E-state index contributed by atoms with van der Waals surface area (Å²) >= 11 is 3.42. The van der Waals surface area contributed by atoms with Gasteiger partial charge in [-0.25, -0.2) is 0 Å². The van der Waals surface area contributed by atoms with Crippen molar-refractivity contribution in [3.05, 3.63) is 64.6 Å². The van der Waals surface area contributed by atoms with Crippen molar-refractivity contribution in [2.45, 2.75) is 25.9 Å². The highest BCUT2D eigenvalue weighted by Gasteiger charge is 2.14. The second kappa shape index (κ2) is 8.02. The molecule has 1 N–H and O–H groups in total. The number of amides is 1. The molecule has 128 valence electrons. The number of nitrogens with one attached hydrogen (secondary N) is 1. The largest absolute Gasteiger partial charge is 0.348 e. The Morgan fingerprint density at radius 3 is 2.56 bits per heavy atom. The molecule has 7 heteroatoms. The van der Waals surface area contributed by atoms with E-state index in [0.717, 1.165) is 22.0 Å². The first kappa shape index (κ1) is 17.3. The Morgan fingerprint density at radius 2 is 1.88 bits per heavy atom. The van der Waals surface area contributed by atoms with Crippen LogP contribution in [0.4, 0.5) is 0 Å². The van der Waals surface area contributed by atoms with Gasteiger partial charge in [0.1, 0.15) is 6.54 Å². The lowest BCUT2D eigenvalue weighted by molar-refractivity contribution is -0.122. The van der Waals surface area contributed by atoms with E-state index in [1.165, 1.54) is 4.80 Å². The number of carbonyl (C=O) groups is 1. The Morgan fingerprint density at radius 1 is 1.16 bits per heavy atom. The van der Waals surface area contributed by atoms with E-state index in [-0.39, 0.29) is 18.5 Å². The van der Waals surface area contributed by atoms with Crippen molar-refractivity contribution in [1.82, 2.24) is 25.5 Å². The van der Waals surface area contributed by atoms with E-state index in [9.17, 15) is 4.79 Å². The van der Waals surface area contributed by atoms with E-state index >= 15 is 0 Å². The average molecular weight is 400 g/mol. The van der Waals surface area contributed by atoms with Crippen LogP contribution >= 0.6 is 15.9 Å². The first-order chi connectivity index (χ1) is 12.2. The lowest BCUT2D eigenvalue weighted by atomic mass is 10.0. The lowest BCUT2D eigenvalue weighted by Gasteiger charge is -2.17. The Bertz CT molecular complexity index is 832. The van der Waals surface area contributed by atoms with Crippen molar-refractivity contribution < 1.29 is 4.79 Å². The molecule has 2 aromatic carbocycles. The van der Waals surface area contributed by atoms with Crippen LogP contribution in [-0.4, -0.2) is 26.1 Å². The highest BCUT2D eigenvalue weighted by atomic mass is 79.9. The number of benzene rings is 2. The maximum Gasteiger partial charge on any atom is 0.244 e. The van der Waals surface area contributed by atoms with Gasteiger partial charge in [-0.2, -0.15) is 4.80 Å². The smallest absolute Gasteiger partial charge is 0.244 e. The maximum atomic E-state index is 12.3. The fourth-order valence-electron chi connectivity index (χ4n) is 2.50. The number of nitrogens with zero attached hydrogens (tertiary/aromatic N) is 4. The van der Waals surface area contributed by atoms with Gasteiger partial charge in [-0.05, 0) is 29.3 Å². The molecule has 0 aliphatic carbocycles. The van der Waals surface area contributed by atoms with Crippen molar-refractivity contribution in [3.8, 4) is 11.4 Å². The van der Waals surface area contributed by atoms with Gasteiger partial charge in [-0.1, -0.05) is 65.3 Å². The van der Waals surface area contributed by atoms with Gasteiger partial charge in [0.05, 0.1) is 6.04 Å². The van der Waals surface area contributed by atoms with Gasteiger partial charge in [0.25, 0.3) is 0 Å². The third kappa shape index (κ3) is 4.51. The normalized spacial score (nSPS) is 11.9. The Hall–Kier alpha value is -2.54. The first-order valence-electron chi connectivity index (χ1n) is 8.03. The van der Waals surface area contributed by atoms with Gasteiger partial charge >= 0.3 is 0 Å². The van der Waals surface area contributed by atoms with Crippen molar-refractivity contribution in [3.63, 3.8) is 0 Å². The molecule has 0 saturated heterocycles. The molecule has 0 spiro atoms. The topological polar surface area (TPSA) is 72.7 Å². The summed E-state index contributed by atoms with van der Waals surface area (Å²) in [4.78, 5) is 13.6. The minimum absolute atomic E-state index is 0.0346. The molecule has 0 aliphatic heterocycles. The fourth-order valence-corrected chi connectivity index (χ4v) is 2.76. The van der Waals surface area contributed by atoms with Gasteiger partial charge in [0, 0.05) is 10.0 Å². The average Bonchev–Trinajstić information content (AvgIpc) is 3.10. The maximum absolute atomic E-state index is 12.3. The number of carbonyl (C=O) groups excluding carboxylic acids is 1. The quantitative estimate of drug-likeness (QED) is 0.689. The number of halogens is 1. The van der Waals surface area contributed by atoms with E-state index in [1.807, 2.05) is 61.5 Å². The molecule has 6 nitrogen and oxygen atoms in total. The van der Waals surface area contributed by atoms with Crippen molar-refractivity contribution in [1.29, 1.82) is 0 Å². The number of aromatic nitrogens is 4. The van der Waals surface area contributed by atoms with Gasteiger partial charge in [-0.3, -0.25) is 4.79 Å². The van der Waals surface area contributed by atoms with E-state index in [2.05, 4.69) is 36.7 Å². The van der Waals surface area contributed by atoms with Crippen LogP contribution in [0.25, 0.3) is 11.4 Å². The lowest BCUT2D eigenvalue weighted by Crippen LogP contribution is -2.32. The predicted octanol–water partition coefficient (Wildman–Crippen LogP) is 3.37.